The highest BCUT2D eigenvalue weighted by Gasteiger charge is 2.05. The van der Waals surface area contributed by atoms with E-state index in [0.717, 1.165) is 16.9 Å². The maximum atomic E-state index is 12.0. The predicted octanol–water partition coefficient (Wildman–Crippen LogP) is 3.02. The molecule has 2 aromatic rings. The van der Waals surface area contributed by atoms with Crippen LogP contribution in [-0.2, 0) is 16.6 Å². The monoisotopic (exact) mass is 318 g/mol. The van der Waals surface area contributed by atoms with Gasteiger partial charge in [-0.05, 0) is 42.3 Å². The second kappa shape index (κ2) is 7.75. The predicted molar refractivity (Wildman–Crippen MR) is 86.8 cm³/mol. The normalized spacial score (nSPS) is 11.9. The van der Waals surface area contributed by atoms with Gasteiger partial charge in [0.1, 0.15) is 5.75 Å². The van der Waals surface area contributed by atoms with Crippen LogP contribution in [0.3, 0.4) is 0 Å². The number of carboxylic acids is 1. The number of rotatable bonds is 7. The van der Waals surface area contributed by atoms with Gasteiger partial charge in [0, 0.05) is 16.6 Å². The molecule has 0 saturated carbocycles. The van der Waals surface area contributed by atoms with Crippen molar-refractivity contribution in [1.82, 2.24) is 0 Å². The van der Waals surface area contributed by atoms with Crippen molar-refractivity contribution in [3.63, 3.8) is 0 Å². The van der Waals surface area contributed by atoms with E-state index in [-0.39, 0.29) is 5.56 Å². The lowest BCUT2D eigenvalue weighted by Gasteiger charge is -2.07. The summed E-state index contributed by atoms with van der Waals surface area (Å²) < 4.78 is 17.6. The molecule has 0 spiro atoms. The quantitative estimate of drug-likeness (QED) is 0.852. The smallest absolute Gasteiger partial charge is 0.335 e. The van der Waals surface area contributed by atoms with E-state index in [4.69, 9.17) is 9.84 Å². The van der Waals surface area contributed by atoms with Crippen molar-refractivity contribution in [3.05, 3.63) is 65.2 Å². The van der Waals surface area contributed by atoms with Gasteiger partial charge in [-0.1, -0.05) is 24.3 Å². The van der Waals surface area contributed by atoms with Crippen LogP contribution in [0.15, 0.2) is 48.5 Å². The number of hydrogen-bond acceptors (Lipinski definition) is 3. The topological polar surface area (TPSA) is 63.6 Å². The molecule has 0 fully saturated rings. The summed E-state index contributed by atoms with van der Waals surface area (Å²) in [4.78, 5) is 10.8. The third kappa shape index (κ3) is 5.00. The Balaban J connectivity index is 1.79. The summed E-state index contributed by atoms with van der Waals surface area (Å²) in [5, 5.41) is 8.82. The molecule has 1 N–H and O–H groups in total. The largest absolute Gasteiger partial charge is 0.493 e. The standard InChI is InChI=1S/C17H18O4S/c1-13-3-2-4-16(11-13)21-9-10-22(20)12-14-5-7-15(8-6-14)17(18)19/h2-8,11H,9-10,12H2,1H3,(H,18,19). The lowest BCUT2D eigenvalue weighted by atomic mass is 10.1. The van der Waals surface area contributed by atoms with Crippen LogP contribution < -0.4 is 4.74 Å². The van der Waals surface area contributed by atoms with Gasteiger partial charge in [0.05, 0.1) is 17.9 Å². The number of hydrogen-bond donors (Lipinski definition) is 1. The number of aryl methyl sites for hydroxylation is 1. The first-order valence-electron chi connectivity index (χ1n) is 6.91. The summed E-state index contributed by atoms with van der Waals surface area (Å²) in [6.07, 6.45) is 0. The molecule has 2 aromatic carbocycles. The molecule has 0 aliphatic heterocycles. The molecule has 1 atom stereocenters. The highest BCUT2D eigenvalue weighted by molar-refractivity contribution is 7.84. The van der Waals surface area contributed by atoms with E-state index >= 15 is 0 Å². The third-order valence-electron chi connectivity index (χ3n) is 3.10. The molecular formula is C17H18O4S. The van der Waals surface area contributed by atoms with Crippen molar-refractivity contribution in [1.29, 1.82) is 0 Å². The fourth-order valence-electron chi connectivity index (χ4n) is 1.96. The summed E-state index contributed by atoms with van der Waals surface area (Å²) >= 11 is 0. The van der Waals surface area contributed by atoms with E-state index in [1.54, 1.807) is 12.1 Å². The fourth-order valence-corrected chi connectivity index (χ4v) is 2.94. The average Bonchev–Trinajstić information content (AvgIpc) is 2.48. The van der Waals surface area contributed by atoms with Crippen molar-refractivity contribution >= 4 is 16.8 Å². The van der Waals surface area contributed by atoms with Crippen molar-refractivity contribution in [2.24, 2.45) is 0 Å². The summed E-state index contributed by atoms with van der Waals surface area (Å²) in [7, 11) is -1.04. The molecular weight excluding hydrogens is 300 g/mol. The Kier molecular flexibility index (Phi) is 5.72. The molecule has 0 saturated heterocycles. The lowest BCUT2D eigenvalue weighted by molar-refractivity contribution is 0.0697. The van der Waals surface area contributed by atoms with E-state index in [1.807, 2.05) is 31.2 Å². The molecule has 0 aromatic heterocycles. The summed E-state index contributed by atoms with van der Waals surface area (Å²) in [6.45, 7) is 2.38. The van der Waals surface area contributed by atoms with Crippen LogP contribution in [0.5, 0.6) is 5.75 Å². The summed E-state index contributed by atoms with van der Waals surface area (Å²) in [6, 6.07) is 14.2. The minimum atomic E-state index is -1.04. The average molecular weight is 318 g/mol. The van der Waals surface area contributed by atoms with Crippen LogP contribution in [0.4, 0.5) is 0 Å². The molecule has 1 unspecified atom stereocenters. The second-order valence-corrected chi connectivity index (χ2v) is 6.53. The second-order valence-electron chi connectivity index (χ2n) is 4.96. The zero-order valence-electron chi connectivity index (χ0n) is 12.3. The van der Waals surface area contributed by atoms with Gasteiger partial charge in [-0.3, -0.25) is 4.21 Å². The van der Waals surface area contributed by atoms with Crippen molar-refractivity contribution < 1.29 is 18.8 Å². The van der Waals surface area contributed by atoms with Crippen LogP contribution in [0, 0.1) is 6.92 Å². The van der Waals surface area contributed by atoms with E-state index in [0.29, 0.717) is 18.1 Å². The first-order valence-corrected chi connectivity index (χ1v) is 8.40. The molecule has 22 heavy (non-hydrogen) atoms. The molecule has 0 heterocycles. The Morgan fingerprint density at radius 3 is 2.55 bits per heavy atom. The van der Waals surface area contributed by atoms with E-state index in [9.17, 15) is 9.00 Å². The van der Waals surface area contributed by atoms with Gasteiger partial charge in [0.2, 0.25) is 0 Å². The number of carboxylic acid groups (broad SMARTS) is 1. The van der Waals surface area contributed by atoms with Crippen molar-refractivity contribution in [2.75, 3.05) is 12.4 Å². The van der Waals surface area contributed by atoms with Gasteiger partial charge in [-0.15, -0.1) is 0 Å². The maximum absolute atomic E-state index is 12.0. The molecule has 0 radical (unpaired) electrons. The van der Waals surface area contributed by atoms with Crippen LogP contribution in [0.25, 0.3) is 0 Å². The molecule has 0 aliphatic rings. The van der Waals surface area contributed by atoms with Gasteiger partial charge in [-0.2, -0.15) is 0 Å². The van der Waals surface area contributed by atoms with E-state index < -0.39 is 16.8 Å². The van der Waals surface area contributed by atoms with Crippen LogP contribution in [-0.4, -0.2) is 27.6 Å². The SMILES string of the molecule is Cc1cccc(OCCS(=O)Cc2ccc(C(=O)O)cc2)c1. The van der Waals surface area contributed by atoms with Crippen molar-refractivity contribution in [3.8, 4) is 5.75 Å². The van der Waals surface area contributed by atoms with Gasteiger partial charge >= 0.3 is 5.97 Å². The van der Waals surface area contributed by atoms with E-state index in [1.165, 1.54) is 12.1 Å². The summed E-state index contributed by atoms with van der Waals surface area (Å²) in [5.74, 6) is 0.660. The molecule has 0 aliphatic carbocycles. The van der Waals surface area contributed by atoms with Gasteiger partial charge in [-0.25, -0.2) is 4.79 Å². The van der Waals surface area contributed by atoms with Crippen LogP contribution in [0.1, 0.15) is 21.5 Å². The Morgan fingerprint density at radius 1 is 1.18 bits per heavy atom. The van der Waals surface area contributed by atoms with Gasteiger partial charge < -0.3 is 9.84 Å². The van der Waals surface area contributed by atoms with Gasteiger partial charge in [0.15, 0.2) is 0 Å². The Labute approximate surface area is 132 Å². The number of ether oxygens (including phenoxy) is 1. The number of carbonyl (C=O) groups is 1. The molecule has 2 rings (SSSR count). The maximum Gasteiger partial charge on any atom is 0.335 e. The molecule has 116 valence electrons. The number of benzene rings is 2. The zero-order chi connectivity index (χ0) is 15.9. The van der Waals surface area contributed by atoms with Gasteiger partial charge in [0.25, 0.3) is 0 Å². The Morgan fingerprint density at radius 2 is 1.91 bits per heavy atom. The van der Waals surface area contributed by atoms with E-state index in [2.05, 4.69) is 0 Å². The van der Waals surface area contributed by atoms with Crippen molar-refractivity contribution in [2.45, 2.75) is 12.7 Å². The lowest BCUT2D eigenvalue weighted by Crippen LogP contribution is -2.10. The molecule has 5 heteroatoms. The first kappa shape index (κ1) is 16.2. The molecule has 4 nitrogen and oxygen atoms in total. The number of aromatic carboxylic acids is 1. The zero-order valence-corrected chi connectivity index (χ0v) is 13.1. The Bertz CT molecular complexity index is 665. The first-order chi connectivity index (χ1) is 10.5. The molecule has 0 amide bonds. The Hall–Kier alpha value is -2.14. The summed E-state index contributed by atoms with van der Waals surface area (Å²) in [5.41, 5.74) is 2.22. The van der Waals surface area contributed by atoms with Crippen LogP contribution in [0.2, 0.25) is 0 Å². The van der Waals surface area contributed by atoms with Crippen LogP contribution >= 0.6 is 0 Å². The fraction of sp³-hybridized carbons (Fsp3) is 0.235. The highest BCUT2D eigenvalue weighted by Crippen LogP contribution is 2.12. The minimum Gasteiger partial charge on any atom is -0.493 e. The highest BCUT2D eigenvalue weighted by atomic mass is 32.2. The molecule has 0 bridgehead atoms. The third-order valence-corrected chi connectivity index (χ3v) is 4.38. The minimum absolute atomic E-state index is 0.234.